The van der Waals surface area contributed by atoms with Gasteiger partial charge in [0.25, 0.3) is 5.91 Å². The minimum absolute atomic E-state index is 0.0246. The van der Waals surface area contributed by atoms with Gasteiger partial charge < -0.3 is 24.0 Å². The monoisotopic (exact) mass is 494 g/mol. The molecule has 36 heavy (non-hydrogen) atoms. The van der Waals surface area contributed by atoms with Crippen LogP contribution >= 0.6 is 0 Å². The maximum atomic E-state index is 13.9. The number of nitrogens with zero attached hydrogens (tertiary/aromatic N) is 2. The molecular weight excluding hydrogens is 452 g/mol. The second kappa shape index (κ2) is 13.9. The molecule has 0 radical (unpaired) electrons. The number of likely N-dealkylation sites (tertiary alicyclic amines) is 1. The Hall–Kier alpha value is -2.99. The molecule has 1 aliphatic heterocycles. The lowest BCUT2D eigenvalue weighted by Crippen LogP contribution is -2.41. The van der Waals surface area contributed by atoms with Gasteiger partial charge in [0.2, 0.25) is 5.75 Å². The highest BCUT2D eigenvalue weighted by Gasteiger charge is 2.26. The van der Waals surface area contributed by atoms with Crippen molar-refractivity contribution >= 4 is 12.0 Å². The third kappa shape index (κ3) is 7.50. The molecule has 196 valence electrons. The quantitative estimate of drug-likeness (QED) is 0.375. The summed E-state index contributed by atoms with van der Waals surface area (Å²) < 4.78 is 16.5. The summed E-state index contributed by atoms with van der Waals surface area (Å²) in [7, 11) is 4.71. The zero-order valence-corrected chi connectivity index (χ0v) is 22.6. The molecule has 0 spiro atoms. The van der Waals surface area contributed by atoms with E-state index < -0.39 is 0 Å². The Bertz CT molecular complexity index is 972. The molecule has 1 aliphatic rings. The smallest absolute Gasteiger partial charge is 0.254 e. The maximum Gasteiger partial charge on any atom is 0.254 e. The summed E-state index contributed by atoms with van der Waals surface area (Å²) >= 11 is 0. The lowest BCUT2D eigenvalue weighted by molar-refractivity contribution is 0.0707. The van der Waals surface area contributed by atoms with Crippen LogP contribution in [0.15, 0.2) is 48.0 Å². The number of unbranched alkanes of at least 4 members (excludes halogenated alkanes) is 1. The SMILES string of the molecule is CCCCN1CCC(CN(CC(C)=Cc2ccccc2)C(=O)c2cc(OC)c(OC)c(OC)c2)CC1. The normalized spacial score (nSPS) is 15.0. The van der Waals surface area contributed by atoms with Gasteiger partial charge in [-0.1, -0.05) is 55.3 Å². The number of hydrogen-bond acceptors (Lipinski definition) is 5. The first kappa shape index (κ1) is 27.6. The molecule has 2 aromatic carbocycles. The fourth-order valence-electron chi connectivity index (χ4n) is 4.87. The highest BCUT2D eigenvalue weighted by molar-refractivity contribution is 5.96. The molecule has 6 nitrogen and oxygen atoms in total. The van der Waals surface area contributed by atoms with Gasteiger partial charge in [0.15, 0.2) is 11.5 Å². The molecule has 0 aliphatic carbocycles. The van der Waals surface area contributed by atoms with Crippen molar-refractivity contribution in [2.24, 2.45) is 5.92 Å². The highest BCUT2D eigenvalue weighted by atomic mass is 16.5. The van der Waals surface area contributed by atoms with Gasteiger partial charge in [-0.25, -0.2) is 0 Å². The molecule has 0 aromatic heterocycles. The van der Waals surface area contributed by atoms with E-state index in [1.165, 1.54) is 19.4 Å². The fourth-order valence-corrected chi connectivity index (χ4v) is 4.87. The Balaban J connectivity index is 1.83. The first-order valence-corrected chi connectivity index (χ1v) is 13.0. The van der Waals surface area contributed by atoms with E-state index in [0.29, 0.717) is 35.3 Å². The number of carbonyl (C=O) groups is 1. The second-order valence-corrected chi connectivity index (χ2v) is 9.64. The second-order valence-electron chi connectivity index (χ2n) is 9.64. The molecule has 1 heterocycles. The van der Waals surface area contributed by atoms with Gasteiger partial charge in [-0.05, 0) is 69.4 Å². The molecule has 0 unspecified atom stereocenters. The number of hydrogen-bond donors (Lipinski definition) is 0. The zero-order chi connectivity index (χ0) is 25.9. The molecule has 0 saturated carbocycles. The first-order chi connectivity index (χ1) is 17.5. The van der Waals surface area contributed by atoms with Gasteiger partial charge in [-0.2, -0.15) is 0 Å². The number of rotatable bonds is 12. The molecule has 1 saturated heterocycles. The number of amides is 1. The summed E-state index contributed by atoms with van der Waals surface area (Å²) in [5, 5.41) is 0. The number of benzene rings is 2. The van der Waals surface area contributed by atoms with Crippen LogP contribution in [0.1, 0.15) is 55.5 Å². The predicted molar refractivity (Wildman–Crippen MR) is 146 cm³/mol. The number of ether oxygens (including phenoxy) is 3. The predicted octanol–water partition coefficient (Wildman–Crippen LogP) is 5.77. The average molecular weight is 495 g/mol. The summed E-state index contributed by atoms with van der Waals surface area (Å²) in [6.45, 7) is 9.03. The zero-order valence-electron chi connectivity index (χ0n) is 22.6. The molecule has 2 aromatic rings. The van der Waals surface area contributed by atoms with E-state index in [4.69, 9.17) is 14.2 Å². The van der Waals surface area contributed by atoms with Crippen molar-refractivity contribution in [3.05, 3.63) is 59.2 Å². The molecule has 0 atom stereocenters. The van der Waals surface area contributed by atoms with Crippen LogP contribution in [-0.2, 0) is 0 Å². The van der Waals surface area contributed by atoms with Crippen molar-refractivity contribution in [1.82, 2.24) is 9.80 Å². The standard InChI is InChI=1S/C30H42N2O4/c1-6-7-15-31-16-13-25(14-17-31)22-32(21-23(2)18-24-11-9-8-10-12-24)30(33)26-19-27(34-3)29(36-5)28(20-26)35-4/h8-12,18-20,25H,6-7,13-17,21-22H2,1-5H3. The Morgan fingerprint density at radius 3 is 2.22 bits per heavy atom. The summed E-state index contributed by atoms with van der Waals surface area (Å²) in [5.41, 5.74) is 2.82. The van der Waals surface area contributed by atoms with Crippen LogP contribution in [0, 0.1) is 5.92 Å². The first-order valence-electron chi connectivity index (χ1n) is 13.0. The Labute approximate surface area is 216 Å². The van der Waals surface area contributed by atoms with Gasteiger partial charge in [-0.3, -0.25) is 4.79 Å². The van der Waals surface area contributed by atoms with Gasteiger partial charge >= 0.3 is 0 Å². The van der Waals surface area contributed by atoms with Crippen LogP contribution in [0.3, 0.4) is 0 Å². The number of methoxy groups -OCH3 is 3. The third-order valence-electron chi connectivity index (χ3n) is 6.87. The minimum Gasteiger partial charge on any atom is -0.493 e. The van der Waals surface area contributed by atoms with Crippen molar-refractivity contribution in [2.75, 3.05) is 54.1 Å². The Morgan fingerprint density at radius 1 is 1.03 bits per heavy atom. The van der Waals surface area contributed by atoms with E-state index in [9.17, 15) is 4.79 Å². The van der Waals surface area contributed by atoms with Crippen LogP contribution < -0.4 is 14.2 Å². The summed E-state index contributed by atoms with van der Waals surface area (Å²) in [6.07, 6.45) is 6.86. The fraction of sp³-hybridized carbons (Fsp3) is 0.500. The summed E-state index contributed by atoms with van der Waals surface area (Å²) in [6, 6.07) is 13.7. The van der Waals surface area contributed by atoms with E-state index in [0.717, 1.165) is 43.6 Å². The van der Waals surface area contributed by atoms with Crippen molar-refractivity contribution in [3.8, 4) is 17.2 Å². The minimum atomic E-state index is -0.0246. The molecule has 0 bridgehead atoms. The van der Waals surface area contributed by atoms with E-state index >= 15 is 0 Å². The molecule has 1 fully saturated rings. The van der Waals surface area contributed by atoms with Gasteiger partial charge in [-0.15, -0.1) is 0 Å². The molecule has 1 amide bonds. The van der Waals surface area contributed by atoms with Gasteiger partial charge in [0, 0.05) is 18.7 Å². The molecule has 6 heteroatoms. The van der Waals surface area contributed by atoms with Crippen molar-refractivity contribution in [2.45, 2.75) is 39.5 Å². The van der Waals surface area contributed by atoms with E-state index in [1.807, 2.05) is 23.1 Å². The lowest BCUT2D eigenvalue weighted by atomic mass is 9.95. The van der Waals surface area contributed by atoms with Crippen LogP contribution in [0.2, 0.25) is 0 Å². The number of carbonyl (C=O) groups excluding carboxylic acids is 1. The van der Waals surface area contributed by atoms with Crippen molar-refractivity contribution in [1.29, 1.82) is 0 Å². The number of piperidine rings is 1. The highest BCUT2D eigenvalue weighted by Crippen LogP contribution is 2.38. The van der Waals surface area contributed by atoms with E-state index in [2.05, 4.69) is 37.0 Å². The molecule has 0 N–H and O–H groups in total. The van der Waals surface area contributed by atoms with Crippen molar-refractivity contribution < 1.29 is 19.0 Å². The van der Waals surface area contributed by atoms with Gasteiger partial charge in [0.05, 0.1) is 21.3 Å². The van der Waals surface area contributed by atoms with E-state index in [-0.39, 0.29) is 5.91 Å². The van der Waals surface area contributed by atoms with Crippen LogP contribution in [0.4, 0.5) is 0 Å². The van der Waals surface area contributed by atoms with Gasteiger partial charge in [0.1, 0.15) is 0 Å². The summed E-state index contributed by atoms with van der Waals surface area (Å²) in [5.74, 6) is 1.92. The topological polar surface area (TPSA) is 51.2 Å². The lowest BCUT2D eigenvalue weighted by Gasteiger charge is -2.35. The average Bonchev–Trinajstić information content (AvgIpc) is 2.91. The largest absolute Gasteiger partial charge is 0.493 e. The Kier molecular flexibility index (Phi) is 10.7. The summed E-state index contributed by atoms with van der Waals surface area (Å²) in [4.78, 5) is 18.4. The van der Waals surface area contributed by atoms with Crippen LogP contribution in [-0.4, -0.2) is 69.8 Å². The van der Waals surface area contributed by atoms with Crippen molar-refractivity contribution in [3.63, 3.8) is 0 Å². The molecular formula is C30H42N2O4. The maximum absolute atomic E-state index is 13.9. The van der Waals surface area contributed by atoms with Crippen LogP contribution in [0.5, 0.6) is 17.2 Å². The van der Waals surface area contributed by atoms with Crippen LogP contribution in [0.25, 0.3) is 6.08 Å². The Morgan fingerprint density at radius 2 is 1.67 bits per heavy atom. The third-order valence-corrected chi connectivity index (χ3v) is 6.87. The molecule has 3 rings (SSSR count). The van der Waals surface area contributed by atoms with E-state index in [1.54, 1.807) is 33.5 Å².